The normalized spacial score (nSPS) is 10.4. The average Bonchev–Trinajstić information content (AvgIpc) is 2.38. The van der Waals surface area contributed by atoms with E-state index < -0.39 is 0 Å². The minimum atomic E-state index is -0.00185. The summed E-state index contributed by atoms with van der Waals surface area (Å²) in [7, 11) is 1.63. The van der Waals surface area contributed by atoms with Crippen LogP contribution in [-0.4, -0.2) is 35.9 Å². The number of nitrogen functional groups attached to an aromatic ring is 1. The van der Waals surface area contributed by atoms with Gasteiger partial charge in [-0.05, 0) is 12.6 Å². The van der Waals surface area contributed by atoms with E-state index in [4.69, 9.17) is 5.84 Å². The topological polar surface area (TPSA) is 83.3 Å². The Kier molecular flexibility index (Phi) is 5.38. The quantitative estimate of drug-likeness (QED) is 0.477. The number of nitrogens with zero attached hydrogens (tertiary/aromatic N) is 2. The molecule has 1 heterocycles. The van der Waals surface area contributed by atoms with E-state index in [2.05, 4.69) is 15.7 Å². The van der Waals surface area contributed by atoms with Gasteiger partial charge in [0.05, 0.1) is 6.54 Å². The van der Waals surface area contributed by atoms with Crippen molar-refractivity contribution in [1.82, 2.24) is 15.2 Å². The van der Waals surface area contributed by atoms with Crippen LogP contribution in [0.15, 0.2) is 18.3 Å². The Morgan fingerprint density at radius 3 is 2.94 bits per heavy atom. The minimum Gasteiger partial charge on any atom is -0.358 e. The van der Waals surface area contributed by atoms with Crippen molar-refractivity contribution in [2.75, 3.05) is 25.6 Å². The zero-order valence-electron chi connectivity index (χ0n) is 10.2. The summed E-state index contributed by atoms with van der Waals surface area (Å²) in [5.74, 6) is 6.02. The van der Waals surface area contributed by atoms with E-state index in [0.717, 1.165) is 12.1 Å². The van der Waals surface area contributed by atoms with E-state index in [1.165, 1.54) is 0 Å². The predicted molar refractivity (Wildman–Crippen MR) is 67.1 cm³/mol. The summed E-state index contributed by atoms with van der Waals surface area (Å²) in [6.45, 7) is 3.80. The van der Waals surface area contributed by atoms with Crippen LogP contribution < -0.4 is 16.6 Å². The maximum absolute atomic E-state index is 11.3. The number of anilines is 1. The first kappa shape index (κ1) is 13.4. The highest BCUT2D eigenvalue weighted by Crippen LogP contribution is 2.12. The molecule has 0 bridgehead atoms. The predicted octanol–water partition coefficient (Wildman–Crippen LogP) is -0.0649. The van der Waals surface area contributed by atoms with Gasteiger partial charge in [-0.1, -0.05) is 13.0 Å². The molecule has 0 spiro atoms. The van der Waals surface area contributed by atoms with Crippen LogP contribution in [0.3, 0.4) is 0 Å². The first-order valence-corrected chi connectivity index (χ1v) is 5.54. The first-order chi connectivity index (χ1) is 8.21. The van der Waals surface area contributed by atoms with Crippen LogP contribution >= 0.6 is 0 Å². The maximum atomic E-state index is 11.3. The van der Waals surface area contributed by atoms with Crippen molar-refractivity contribution >= 4 is 11.7 Å². The van der Waals surface area contributed by atoms with Gasteiger partial charge in [-0.15, -0.1) is 0 Å². The van der Waals surface area contributed by atoms with Crippen LogP contribution in [0.5, 0.6) is 0 Å². The van der Waals surface area contributed by atoms with Gasteiger partial charge in [-0.25, -0.2) is 10.8 Å². The number of carbonyl (C=O) groups excluding carboxylic acids is 1. The summed E-state index contributed by atoms with van der Waals surface area (Å²) in [5.41, 5.74) is 3.53. The molecule has 0 aliphatic rings. The lowest BCUT2D eigenvalue weighted by Gasteiger charge is -2.20. The Morgan fingerprint density at radius 1 is 1.59 bits per heavy atom. The third-order valence-electron chi connectivity index (χ3n) is 2.52. The molecule has 0 fully saturated rings. The molecule has 94 valence electrons. The fourth-order valence-electron chi connectivity index (χ4n) is 1.50. The third-order valence-corrected chi connectivity index (χ3v) is 2.52. The Morgan fingerprint density at radius 2 is 2.35 bits per heavy atom. The highest BCUT2D eigenvalue weighted by molar-refractivity contribution is 5.77. The van der Waals surface area contributed by atoms with E-state index in [0.29, 0.717) is 18.9 Å². The van der Waals surface area contributed by atoms with Crippen molar-refractivity contribution in [2.45, 2.75) is 13.5 Å². The molecule has 0 saturated carbocycles. The van der Waals surface area contributed by atoms with E-state index in [-0.39, 0.29) is 5.91 Å². The number of hydrazine groups is 1. The van der Waals surface area contributed by atoms with Crippen LogP contribution in [0.1, 0.15) is 12.5 Å². The van der Waals surface area contributed by atoms with E-state index in [1.807, 2.05) is 24.0 Å². The summed E-state index contributed by atoms with van der Waals surface area (Å²) in [5, 5.41) is 2.61. The molecule has 4 N–H and O–H groups in total. The Hall–Kier alpha value is -1.66. The summed E-state index contributed by atoms with van der Waals surface area (Å²) < 4.78 is 0. The molecule has 0 aliphatic heterocycles. The summed E-state index contributed by atoms with van der Waals surface area (Å²) >= 11 is 0. The molecule has 0 radical (unpaired) electrons. The second-order valence-corrected chi connectivity index (χ2v) is 3.63. The molecule has 0 aromatic carbocycles. The molecule has 0 saturated heterocycles. The number of hydrogen-bond donors (Lipinski definition) is 3. The Labute approximate surface area is 101 Å². The summed E-state index contributed by atoms with van der Waals surface area (Å²) in [4.78, 5) is 17.4. The van der Waals surface area contributed by atoms with Crippen LogP contribution in [0, 0.1) is 0 Å². The number of pyridine rings is 1. The number of hydrogen-bond acceptors (Lipinski definition) is 5. The van der Waals surface area contributed by atoms with Gasteiger partial charge in [0, 0.05) is 25.4 Å². The zero-order valence-corrected chi connectivity index (χ0v) is 10.2. The SMILES string of the molecule is CCN(CC(=O)NC)Cc1cccnc1NN. The number of nitrogens with one attached hydrogen (secondary N) is 2. The third kappa shape index (κ3) is 4.01. The lowest BCUT2D eigenvalue weighted by Crippen LogP contribution is -2.35. The molecule has 0 atom stereocenters. The molecular formula is C11H19N5O. The van der Waals surface area contributed by atoms with Crippen molar-refractivity contribution in [3.8, 4) is 0 Å². The number of likely N-dealkylation sites (N-methyl/N-ethyl adjacent to an activating group) is 2. The van der Waals surface area contributed by atoms with Gasteiger partial charge in [0.15, 0.2) is 0 Å². The second-order valence-electron chi connectivity index (χ2n) is 3.63. The van der Waals surface area contributed by atoms with Gasteiger partial charge in [0.1, 0.15) is 5.82 Å². The lowest BCUT2D eigenvalue weighted by atomic mass is 10.2. The minimum absolute atomic E-state index is 0.00185. The van der Waals surface area contributed by atoms with Crippen LogP contribution in [0.4, 0.5) is 5.82 Å². The first-order valence-electron chi connectivity index (χ1n) is 5.54. The van der Waals surface area contributed by atoms with Gasteiger partial charge in [0.2, 0.25) is 5.91 Å². The fourth-order valence-corrected chi connectivity index (χ4v) is 1.50. The van der Waals surface area contributed by atoms with Crippen LogP contribution in [0.2, 0.25) is 0 Å². The van der Waals surface area contributed by atoms with Crippen molar-refractivity contribution in [3.05, 3.63) is 23.9 Å². The van der Waals surface area contributed by atoms with Gasteiger partial charge in [-0.3, -0.25) is 9.69 Å². The van der Waals surface area contributed by atoms with Crippen molar-refractivity contribution in [3.63, 3.8) is 0 Å². The average molecular weight is 237 g/mol. The van der Waals surface area contributed by atoms with E-state index in [1.54, 1.807) is 13.2 Å². The van der Waals surface area contributed by atoms with Crippen LogP contribution in [0.25, 0.3) is 0 Å². The van der Waals surface area contributed by atoms with Gasteiger partial charge in [-0.2, -0.15) is 0 Å². The van der Waals surface area contributed by atoms with Gasteiger partial charge >= 0.3 is 0 Å². The van der Waals surface area contributed by atoms with Crippen LogP contribution in [-0.2, 0) is 11.3 Å². The van der Waals surface area contributed by atoms with Gasteiger partial charge in [0.25, 0.3) is 0 Å². The lowest BCUT2D eigenvalue weighted by molar-refractivity contribution is -0.121. The largest absolute Gasteiger partial charge is 0.358 e. The van der Waals surface area contributed by atoms with E-state index >= 15 is 0 Å². The second kappa shape index (κ2) is 6.82. The number of aromatic nitrogens is 1. The highest BCUT2D eigenvalue weighted by atomic mass is 16.1. The number of nitrogens with two attached hydrogens (primary N) is 1. The summed E-state index contributed by atoms with van der Waals surface area (Å²) in [6.07, 6.45) is 1.67. The molecule has 1 amide bonds. The monoisotopic (exact) mass is 237 g/mol. The maximum Gasteiger partial charge on any atom is 0.233 e. The number of amides is 1. The summed E-state index contributed by atoms with van der Waals surface area (Å²) in [6, 6.07) is 3.79. The molecule has 1 aromatic rings. The molecule has 1 rings (SSSR count). The van der Waals surface area contributed by atoms with Crippen molar-refractivity contribution < 1.29 is 4.79 Å². The Balaban J connectivity index is 2.69. The smallest absolute Gasteiger partial charge is 0.233 e. The number of rotatable bonds is 6. The molecule has 6 nitrogen and oxygen atoms in total. The van der Waals surface area contributed by atoms with Crippen molar-refractivity contribution in [2.24, 2.45) is 5.84 Å². The zero-order chi connectivity index (χ0) is 12.7. The highest BCUT2D eigenvalue weighted by Gasteiger charge is 2.10. The number of carbonyl (C=O) groups is 1. The fraction of sp³-hybridized carbons (Fsp3) is 0.455. The molecule has 0 unspecified atom stereocenters. The van der Waals surface area contributed by atoms with Crippen molar-refractivity contribution in [1.29, 1.82) is 0 Å². The molecule has 0 aliphatic carbocycles. The van der Waals surface area contributed by atoms with E-state index in [9.17, 15) is 4.79 Å². The van der Waals surface area contributed by atoms with Gasteiger partial charge < -0.3 is 10.7 Å². The molecule has 17 heavy (non-hydrogen) atoms. The molecule has 1 aromatic heterocycles. The standard InChI is InChI=1S/C11H19N5O/c1-3-16(8-10(17)13-2)7-9-5-4-6-14-11(9)15-12/h4-6H,3,7-8,12H2,1-2H3,(H,13,17)(H,14,15). The Bertz CT molecular complexity index is 369. The molecular weight excluding hydrogens is 218 g/mol. The molecule has 6 heteroatoms.